The van der Waals surface area contributed by atoms with Gasteiger partial charge in [0.2, 0.25) is 10.0 Å². The van der Waals surface area contributed by atoms with Crippen LogP contribution in [0.5, 0.6) is 0 Å². The molecule has 0 amide bonds. The van der Waals surface area contributed by atoms with Crippen LogP contribution in [0.4, 0.5) is 0 Å². The molecule has 0 aliphatic heterocycles. The molecule has 1 aromatic rings. The first-order valence-electron chi connectivity index (χ1n) is 6.30. The molecule has 0 radical (unpaired) electrons. The molecule has 0 N–H and O–H groups in total. The molecule has 3 nitrogen and oxygen atoms in total. The van der Waals surface area contributed by atoms with Crippen molar-refractivity contribution >= 4 is 33.2 Å². The van der Waals surface area contributed by atoms with Crippen LogP contribution in [0.2, 0.25) is 5.02 Å². The zero-order valence-electron chi connectivity index (χ0n) is 11.1. The topological polar surface area (TPSA) is 37.4 Å². The van der Waals surface area contributed by atoms with E-state index in [9.17, 15) is 8.42 Å². The van der Waals surface area contributed by atoms with Crippen molar-refractivity contribution in [3.05, 3.63) is 29.3 Å². The van der Waals surface area contributed by atoms with Gasteiger partial charge in [-0.05, 0) is 37.1 Å². The third-order valence-corrected chi connectivity index (χ3v) is 5.46. The third kappa shape index (κ3) is 4.09. The second kappa shape index (κ2) is 7.48. The zero-order chi connectivity index (χ0) is 14.5. The zero-order valence-corrected chi connectivity index (χ0v) is 13.5. The Morgan fingerprint density at radius 2 is 1.68 bits per heavy atom. The maximum atomic E-state index is 12.6. The Kier molecular flexibility index (Phi) is 6.60. The van der Waals surface area contributed by atoms with Gasteiger partial charge in [0.1, 0.15) is 0 Å². The molecule has 6 heteroatoms. The molecule has 0 aliphatic rings. The highest BCUT2D eigenvalue weighted by molar-refractivity contribution is 7.89. The number of halogens is 2. The first-order valence-corrected chi connectivity index (χ1v) is 8.66. The Bertz CT molecular complexity index is 484. The van der Waals surface area contributed by atoms with Crippen LogP contribution < -0.4 is 0 Å². The van der Waals surface area contributed by atoms with Gasteiger partial charge in [-0.2, -0.15) is 4.31 Å². The highest BCUT2D eigenvalue weighted by atomic mass is 35.5. The predicted octanol–water partition coefficient (Wildman–Crippen LogP) is 3.76. The van der Waals surface area contributed by atoms with Crippen molar-refractivity contribution in [2.24, 2.45) is 0 Å². The summed E-state index contributed by atoms with van der Waals surface area (Å²) in [5.41, 5.74) is 0. The number of alkyl halides is 1. The molecular weight excluding hydrogens is 305 g/mol. The SMILES string of the molecule is CCC(CC)N(CCCl)S(=O)(=O)c1ccc(Cl)cc1. The van der Waals surface area contributed by atoms with E-state index < -0.39 is 10.0 Å². The van der Waals surface area contributed by atoms with E-state index in [4.69, 9.17) is 23.2 Å². The van der Waals surface area contributed by atoms with E-state index in [0.29, 0.717) is 11.6 Å². The Morgan fingerprint density at radius 1 is 1.16 bits per heavy atom. The third-order valence-electron chi connectivity index (χ3n) is 3.07. The molecular formula is C13H19Cl2NO2S. The van der Waals surface area contributed by atoms with E-state index in [1.165, 1.54) is 16.4 Å². The lowest BCUT2D eigenvalue weighted by molar-refractivity contribution is 0.316. The molecule has 0 saturated carbocycles. The molecule has 0 aliphatic carbocycles. The molecule has 0 spiro atoms. The van der Waals surface area contributed by atoms with Crippen molar-refractivity contribution < 1.29 is 8.42 Å². The summed E-state index contributed by atoms with van der Waals surface area (Å²) in [6.45, 7) is 4.28. The summed E-state index contributed by atoms with van der Waals surface area (Å²) in [5, 5.41) is 0.519. The lowest BCUT2D eigenvalue weighted by Gasteiger charge is -2.29. The monoisotopic (exact) mass is 323 g/mol. The Balaban J connectivity index is 3.15. The Labute approximate surface area is 125 Å². The van der Waals surface area contributed by atoms with Crippen LogP contribution >= 0.6 is 23.2 Å². The van der Waals surface area contributed by atoms with Gasteiger partial charge in [0.25, 0.3) is 0 Å². The summed E-state index contributed by atoms with van der Waals surface area (Å²) >= 11 is 11.5. The van der Waals surface area contributed by atoms with Crippen LogP contribution in [-0.2, 0) is 10.0 Å². The average molecular weight is 324 g/mol. The van der Waals surface area contributed by atoms with Crippen molar-refractivity contribution in [3.63, 3.8) is 0 Å². The number of hydrogen-bond donors (Lipinski definition) is 0. The lowest BCUT2D eigenvalue weighted by Crippen LogP contribution is -2.40. The summed E-state index contributed by atoms with van der Waals surface area (Å²) in [6.07, 6.45) is 1.53. The van der Waals surface area contributed by atoms with Gasteiger partial charge < -0.3 is 0 Å². The van der Waals surface area contributed by atoms with E-state index in [1.807, 2.05) is 13.8 Å². The molecule has 19 heavy (non-hydrogen) atoms. The molecule has 0 aromatic heterocycles. The van der Waals surface area contributed by atoms with Crippen molar-refractivity contribution in [1.29, 1.82) is 0 Å². The molecule has 0 saturated heterocycles. The summed E-state index contributed by atoms with van der Waals surface area (Å²) in [6, 6.07) is 6.20. The highest BCUT2D eigenvalue weighted by Crippen LogP contribution is 2.22. The van der Waals surface area contributed by atoms with Crippen LogP contribution in [0.1, 0.15) is 26.7 Å². The van der Waals surface area contributed by atoms with E-state index in [1.54, 1.807) is 12.1 Å². The molecule has 0 atom stereocenters. The smallest absolute Gasteiger partial charge is 0.207 e. The first-order chi connectivity index (χ1) is 8.97. The van der Waals surface area contributed by atoms with Gasteiger partial charge >= 0.3 is 0 Å². The van der Waals surface area contributed by atoms with Crippen LogP contribution in [-0.4, -0.2) is 31.2 Å². The van der Waals surface area contributed by atoms with Crippen LogP contribution in [0.25, 0.3) is 0 Å². The fourth-order valence-corrected chi connectivity index (χ4v) is 4.20. The molecule has 1 aromatic carbocycles. The minimum absolute atomic E-state index is 0.0283. The van der Waals surface area contributed by atoms with E-state index in [0.717, 1.165) is 12.8 Å². The fourth-order valence-electron chi connectivity index (χ4n) is 2.02. The minimum Gasteiger partial charge on any atom is -0.207 e. The van der Waals surface area contributed by atoms with Crippen molar-refractivity contribution in [3.8, 4) is 0 Å². The summed E-state index contributed by atoms with van der Waals surface area (Å²) in [7, 11) is -3.51. The molecule has 0 bridgehead atoms. The predicted molar refractivity (Wildman–Crippen MR) is 80.4 cm³/mol. The van der Waals surface area contributed by atoms with E-state index in [-0.39, 0.29) is 16.8 Å². The molecule has 0 fully saturated rings. The van der Waals surface area contributed by atoms with Crippen molar-refractivity contribution in [2.45, 2.75) is 37.6 Å². The van der Waals surface area contributed by atoms with Gasteiger partial charge in [0.05, 0.1) is 4.90 Å². The maximum absolute atomic E-state index is 12.6. The average Bonchev–Trinajstić information content (AvgIpc) is 2.39. The first kappa shape index (κ1) is 16.8. The van der Waals surface area contributed by atoms with Gasteiger partial charge in [0.15, 0.2) is 0 Å². The van der Waals surface area contributed by atoms with Crippen LogP contribution in [0, 0.1) is 0 Å². The fraction of sp³-hybridized carbons (Fsp3) is 0.538. The lowest BCUT2D eigenvalue weighted by atomic mass is 10.2. The molecule has 1 rings (SSSR count). The normalized spacial score (nSPS) is 12.3. The Hall–Kier alpha value is -0.290. The van der Waals surface area contributed by atoms with Gasteiger partial charge in [-0.1, -0.05) is 25.4 Å². The number of sulfonamides is 1. The Morgan fingerprint density at radius 3 is 2.11 bits per heavy atom. The van der Waals surface area contributed by atoms with E-state index >= 15 is 0 Å². The number of hydrogen-bond acceptors (Lipinski definition) is 2. The maximum Gasteiger partial charge on any atom is 0.243 e. The van der Waals surface area contributed by atoms with E-state index in [2.05, 4.69) is 0 Å². The number of benzene rings is 1. The largest absolute Gasteiger partial charge is 0.243 e. The van der Waals surface area contributed by atoms with Gasteiger partial charge in [-0.3, -0.25) is 0 Å². The van der Waals surface area contributed by atoms with Gasteiger partial charge in [0, 0.05) is 23.5 Å². The molecule has 0 heterocycles. The second-order valence-electron chi connectivity index (χ2n) is 4.23. The highest BCUT2D eigenvalue weighted by Gasteiger charge is 2.29. The quantitative estimate of drug-likeness (QED) is 0.716. The summed E-state index contributed by atoms with van der Waals surface area (Å²) < 4.78 is 26.7. The van der Waals surface area contributed by atoms with Gasteiger partial charge in [-0.15, -0.1) is 11.6 Å². The minimum atomic E-state index is -3.51. The second-order valence-corrected chi connectivity index (χ2v) is 6.93. The van der Waals surface area contributed by atoms with Crippen LogP contribution in [0.15, 0.2) is 29.2 Å². The van der Waals surface area contributed by atoms with Crippen LogP contribution in [0.3, 0.4) is 0 Å². The standard InChI is InChI=1S/C13H19Cl2NO2S/c1-3-12(4-2)16(10-9-14)19(17,18)13-7-5-11(15)6-8-13/h5-8,12H,3-4,9-10H2,1-2H3. The van der Waals surface area contributed by atoms with Crippen molar-refractivity contribution in [2.75, 3.05) is 12.4 Å². The summed E-state index contributed by atoms with van der Waals surface area (Å²) in [5.74, 6) is 0.281. The number of rotatable bonds is 7. The number of nitrogens with zero attached hydrogens (tertiary/aromatic N) is 1. The van der Waals surface area contributed by atoms with Crippen molar-refractivity contribution in [1.82, 2.24) is 4.31 Å². The van der Waals surface area contributed by atoms with Gasteiger partial charge in [-0.25, -0.2) is 8.42 Å². The summed E-state index contributed by atoms with van der Waals surface area (Å²) in [4.78, 5) is 0.258. The molecule has 0 unspecified atom stereocenters. The molecule has 108 valence electrons.